The average Bonchev–Trinajstić information content (AvgIpc) is 2.92. The summed E-state index contributed by atoms with van der Waals surface area (Å²) in [5.74, 6) is 1.27. The zero-order valence-electron chi connectivity index (χ0n) is 19.7. The molecule has 0 heterocycles. The van der Waals surface area contributed by atoms with Crippen LogP contribution < -0.4 is 19.6 Å². The van der Waals surface area contributed by atoms with E-state index in [0.717, 1.165) is 16.7 Å². The molecule has 0 saturated heterocycles. The average molecular weight is 501 g/mol. The zero-order chi connectivity index (χ0) is 25.2. The highest BCUT2D eigenvalue weighted by Crippen LogP contribution is 2.29. The van der Waals surface area contributed by atoms with E-state index in [9.17, 15) is 4.79 Å². The number of para-hydroxylation sites is 1. The van der Waals surface area contributed by atoms with Crippen molar-refractivity contribution in [3.05, 3.63) is 124 Å². The zero-order valence-corrected chi connectivity index (χ0v) is 20.4. The number of nitrogens with zero attached hydrogens (tertiary/aromatic N) is 1. The minimum absolute atomic E-state index is 0.357. The van der Waals surface area contributed by atoms with E-state index in [1.54, 1.807) is 24.4 Å². The van der Waals surface area contributed by atoms with E-state index in [1.165, 1.54) is 7.11 Å². The van der Waals surface area contributed by atoms with Crippen molar-refractivity contribution in [1.29, 1.82) is 0 Å². The molecule has 7 heteroatoms. The van der Waals surface area contributed by atoms with Crippen LogP contribution in [0.1, 0.15) is 27.0 Å². The van der Waals surface area contributed by atoms with E-state index in [4.69, 9.17) is 25.8 Å². The Bertz CT molecular complexity index is 1340. The number of ether oxygens (including phenoxy) is 3. The summed E-state index contributed by atoms with van der Waals surface area (Å²) in [6.45, 7) is 0.752. The number of rotatable bonds is 10. The van der Waals surface area contributed by atoms with Crippen LogP contribution >= 0.6 is 11.6 Å². The molecule has 0 unspecified atom stereocenters. The molecular formula is C29H25ClN2O4. The third-order valence-electron chi connectivity index (χ3n) is 5.24. The van der Waals surface area contributed by atoms with E-state index in [-0.39, 0.29) is 5.91 Å². The Hall–Kier alpha value is -4.29. The first-order valence-corrected chi connectivity index (χ1v) is 11.6. The lowest BCUT2D eigenvalue weighted by atomic mass is 10.2. The molecule has 0 atom stereocenters. The molecule has 36 heavy (non-hydrogen) atoms. The molecule has 0 aromatic heterocycles. The van der Waals surface area contributed by atoms with Crippen LogP contribution in [0.15, 0.2) is 102 Å². The van der Waals surface area contributed by atoms with E-state index >= 15 is 0 Å². The molecule has 0 saturated carbocycles. The minimum Gasteiger partial charge on any atom is -0.493 e. The van der Waals surface area contributed by atoms with Gasteiger partial charge in [0.25, 0.3) is 5.91 Å². The molecule has 0 fully saturated rings. The Kier molecular flexibility index (Phi) is 8.57. The summed E-state index contributed by atoms with van der Waals surface area (Å²) in [5, 5.41) is 4.76. The lowest BCUT2D eigenvalue weighted by molar-refractivity contribution is 0.0954. The number of carbonyl (C=O) groups is 1. The smallest absolute Gasteiger partial charge is 0.271 e. The molecule has 0 bridgehead atoms. The number of halogens is 1. The Labute approximate surface area is 215 Å². The van der Waals surface area contributed by atoms with Crippen molar-refractivity contribution in [3.8, 4) is 17.2 Å². The summed E-state index contributed by atoms with van der Waals surface area (Å²) in [5.41, 5.74) is 5.65. The van der Waals surface area contributed by atoms with Crippen LogP contribution in [-0.2, 0) is 13.2 Å². The van der Waals surface area contributed by atoms with E-state index in [0.29, 0.717) is 41.0 Å². The molecule has 0 spiro atoms. The fourth-order valence-corrected chi connectivity index (χ4v) is 3.61. The van der Waals surface area contributed by atoms with E-state index in [2.05, 4.69) is 10.5 Å². The van der Waals surface area contributed by atoms with Gasteiger partial charge >= 0.3 is 0 Å². The number of methoxy groups -OCH3 is 1. The van der Waals surface area contributed by atoms with Crippen molar-refractivity contribution in [1.82, 2.24) is 5.43 Å². The van der Waals surface area contributed by atoms with E-state index < -0.39 is 0 Å². The van der Waals surface area contributed by atoms with Crippen LogP contribution in [0.5, 0.6) is 17.2 Å². The summed E-state index contributed by atoms with van der Waals surface area (Å²) in [6, 6.07) is 29.7. The number of nitrogens with one attached hydrogen (secondary N) is 1. The van der Waals surface area contributed by atoms with Gasteiger partial charge in [-0.2, -0.15) is 5.10 Å². The first-order chi connectivity index (χ1) is 17.6. The Morgan fingerprint density at radius 2 is 1.53 bits per heavy atom. The maximum Gasteiger partial charge on any atom is 0.271 e. The Morgan fingerprint density at radius 3 is 2.33 bits per heavy atom. The van der Waals surface area contributed by atoms with Crippen molar-refractivity contribution in [2.45, 2.75) is 13.2 Å². The van der Waals surface area contributed by atoms with Crippen LogP contribution in [-0.4, -0.2) is 19.2 Å². The van der Waals surface area contributed by atoms with Gasteiger partial charge in [0.2, 0.25) is 0 Å². The number of hydrogen-bond donors (Lipinski definition) is 1. The van der Waals surface area contributed by atoms with Gasteiger partial charge in [0.1, 0.15) is 19.0 Å². The SMILES string of the molecule is COc1cc(C(=O)N/N=C/c2ccccc2OCc2cccc(Cl)c2)ccc1OCc1ccccc1. The van der Waals surface area contributed by atoms with Gasteiger partial charge in [0.05, 0.1) is 13.3 Å². The molecule has 0 aliphatic carbocycles. The van der Waals surface area contributed by atoms with Gasteiger partial charge in [-0.3, -0.25) is 4.79 Å². The van der Waals surface area contributed by atoms with Gasteiger partial charge in [-0.15, -0.1) is 0 Å². The minimum atomic E-state index is -0.378. The number of benzene rings is 4. The molecule has 6 nitrogen and oxygen atoms in total. The normalized spacial score (nSPS) is 10.7. The quantitative estimate of drug-likeness (QED) is 0.206. The van der Waals surface area contributed by atoms with Gasteiger partial charge in [0, 0.05) is 16.1 Å². The van der Waals surface area contributed by atoms with Gasteiger partial charge in [-0.25, -0.2) is 5.43 Å². The maximum atomic E-state index is 12.7. The fraction of sp³-hybridized carbons (Fsp3) is 0.103. The number of amides is 1. The maximum absolute atomic E-state index is 12.7. The van der Waals surface area contributed by atoms with Gasteiger partial charge in [-0.1, -0.05) is 66.2 Å². The van der Waals surface area contributed by atoms with Crippen LogP contribution in [0.3, 0.4) is 0 Å². The van der Waals surface area contributed by atoms with Crippen molar-refractivity contribution >= 4 is 23.7 Å². The monoisotopic (exact) mass is 500 g/mol. The lowest BCUT2D eigenvalue weighted by Crippen LogP contribution is -2.17. The molecular weight excluding hydrogens is 476 g/mol. The lowest BCUT2D eigenvalue weighted by Gasteiger charge is -2.12. The highest BCUT2D eigenvalue weighted by atomic mass is 35.5. The highest BCUT2D eigenvalue weighted by Gasteiger charge is 2.11. The molecule has 4 aromatic rings. The van der Waals surface area contributed by atoms with Crippen LogP contribution in [0.4, 0.5) is 0 Å². The summed E-state index contributed by atoms with van der Waals surface area (Å²) in [4.78, 5) is 12.7. The molecule has 1 amide bonds. The fourth-order valence-electron chi connectivity index (χ4n) is 3.39. The molecule has 4 rings (SSSR count). The predicted octanol–water partition coefficient (Wildman–Crippen LogP) is 6.27. The largest absolute Gasteiger partial charge is 0.493 e. The van der Waals surface area contributed by atoms with Crippen molar-refractivity contribution in [3.63, 3.8) is 0 Å². The second-order valence-corrected chi connectivity index (χ2v) is 8.23. The summed E-state index contributed by atoms with van der Waals surface area (Å²) >= 11 is 6.04. The topological polar surface area (TPSA) is 69.2 Å². The van der Waals surface area contributed by atoms with Gasteiger partial charge in [-0.05, 0) is 53.6 Å². The third-order valence-corrected chi connectivity index (χ3v) is 5.47. The molecule has 0 aliphatic heterocycles. The van der Waals surface area contributed by atoms with Crippen LogP contribution in [0, 0.1) is 0 Å². The van der Waals surface area contributed by atoms with Crippen molar-refractivity contribution in [2.75, 3.05) is 7.11 Å². The molecule has 1 N–H and O–H groups in total. The predicted molar refractivity (Wildman–Crippen MR) is 141 cm³/mol. The van der Waals surface area contributed by atoms with E-state index in [1.807, 2.05) is 78.9 Å². The first-order valence-electron chi connectivity index (χ1n) is 11.3. The molecule has 0 radical (unpaired) electrons. The summed E-state index contributed by atoms with van der Waals surface area (Å²) < 4.78 is 17.2. The second kappa shape index (κ2) is 12.4. The van der Waals surface area contributed by atoms with Crippen molar-refractivity contribution in [2.24, 2.45) is 5.10 Å². The molecule has 4 aromatic carbocycles. The highest BCUT2D eigenvalue weighted by molar-refractivity contribution is 6.30. The number of carbonyl (C=O) groups excluding carboxylic acids is 1. The van der Waals surface area contributed by atoms with Crippen LogP contribution in [0.25, 0.3) is 0 Å². The second-order valence-electron chi connectivity index (χ2n) is 7.80. The summed E-state index contributed by atoms with van der Waals surface area (Å²) in [7, 11) is 1.53. The number of hydrogen-bond acceptors (Lipinski definition) is 5. The van der Waals surface area contributed by atoms with Gasteiger partial charge in [0.15, 0.2) is 11.5 Å². The third kappa shape index (κ3) is 6.87. The van der Waals surface area contributed by atoms with Crippen LogP contribution in [0.2, 0.25) is 5.02 Å². The number of hydrazone groups is 1. The first kappa shape index (κ1) is 24.8. The standard InChI is InChI=1S/C29H25ClN2O4/c1-34-28-17-23(14-15-27(28)36-19-21-8-3-2-4-9-21)29(33)32-31-18-24-11-5-6-13-26(24)35-20-22-10-7-12-25(30)16-22/h2-18H,19-20H2,1H3,(H,32,33)/b31-18+. The van der Waals surface area contributed by atoms with Crippen molar-refractivity contribution < 1.29 is 19.0 Å². The Balaban J connectivity index is 1.37. The summed E-state index contributed by atoms with van der Waals surface area (Å²) in [6.07, 6.45) is 1.54. The van der Waals surface area contributed by atoms with Gasteiger partial charge < -0.3 is 14.2 Å². The molecule has 182 valence electrons. The molecule has 0 aliphatic rings. The Morgan fingerprint density at radius 1 is 0.806 bits per heavy atom.